The SMILES string of the molecule is O=C(O)c1cc(CC2CC2)oc1C(F)(F)F. The lowest BCUT2D eigenvalue weighted by Crippen LogP contribution is -2.09. The summed E-state index contributed by atoms with van der Waals surface area (Å²) < 4.78 is 41.8. The first-order valence-electron chi connectivity index (χ1n) is 4.81. The molecule has 1 aromatic rings. The molecule has 0 aromatic carbocycles. The minimum absolute atomic E-state index is 0.104. The number of hydrogen-bond acceptors (Lipinski definition) is 2. The Bertz CT molecular complexity index is 415. The minimum Gasteiger partial charge on any atom is -0.478 e. The van der Waals surface area contributed by atoms with Gasteiger partial charge < -0.3 is 9.52 Å². The van der Waals surface area contributed by atoms with Gasteiger partial charge in [-0.3, -0.25) is 0 Å². The quantitative estimate of drug-likeness (QED) is 0.874. The number of carboxylic acid groups (broad SMARTS) is 1. The highest BCUT2D eigenvalue weighted by atomic mass is 19.4. The third-order valence-corrected chi connectivity index (χ3v) is 2.46. The molecule has 6 heteroatoms. The molecule has 1 saturated carbocycles. The van der Waals surface area contributed by atoms with Gasteiger partial charge in [0.05, 0.1) is 0 Å². The summed E-state index contributed by atoms with van der Waals surface area (Å²) in [6, 6.07) is 0.976. The van der Waals surface area contributed by atoms with E-state index in [1.165, 1.54) is 0 Å². The Morgan fingerprint density at radius 3 is 2.50 bits per heavy atom. The Morgan fingerprint density at radius 2 is 2.12 bits per heavy atom. The molecule has 16 heavy (non-hydrogen) atoms. The number of hydrogen-bond donors (Lipinski definition) is 1. The highest BCUT2D eigenvalue weighted by Gasteiger charge is 2.40. The molecular weight excluding hydrogens is 225 g/mol. The summed E-state index contributed by atoms with van der Waals surface area (Å²) in [4.78, 5) is 10.6. The molecule has 1 aliphatic carbocycles. The standard InChI is InChI=1S/C10H9F3O3/c11-10(12,13)8-7(9(14)15)4-6(16-8)3-5-1-2-5/h4-5H,1-3H2,(H,14,15). The maximum Gasteiger partial charge on any atom is 0.450 e. The first-order chi connectivity index (χ1) is 7.38. The zero-order valence-corrected chi connectivity index (χ0v) is 8.17. The molecule has 0 atom stereocenters. The van der Waals surface area contributed by atoms with Gasteiger partial charge in [-0.15, -0.1) is 0 Å². The molecule has 2 rings (SSSR count). The van der Waals surface area contributed by atoms with E-state index in [2.05, 4.69) is 4.42 Å². The number of furan rings is 1. The van der Waals surface area contributed by atoms with Crippen LogP contribution in [0, 0.1) is 5.92 Å². The van der Waals surface area contributed by atoms with E-state index >= 15 is 0 Å². The molecule has 3 nitrogen and oxygen atoms in total. The highest BCUT2D eigenvalue weighted by molar-refractivity contribution is 5.89. The molecule has 1 aliphatic rings. The van der Waals surface area contributed by atoms with Gasteiger partial charge in [0, 0.05) is 6.42 Å². The second kappa shape index (κ2) is 3.54. The lowest BCUT2D eigenvalue weighted by atomic mass is 10.2. The largest absolute Gasteiger partial charge is 0.478 e. The first kappa shape index (κ1) is 11.0. The van der Waals surface area contributed by atoms with Crippen LogP contribution in [-0.4, -0.2) is 11.1 Å². The molecule has 1 aromatic heterocycles. The van der Waals surface area contributed by atoms with Crippen molar-refractivity contribution >= 4 is 5.97 Å². The van der Waals surface area contributed by atoms with Crippen molar-refractivity contribution in [3.8, 4) is 0 Å². The fraction of sp³-hybridized carbons (Fsp3) is 0.500. The first-order valence-corrected chi connectivity index (χ1v) is 4.81. The molecule has 0 saturated heterocycles. The summed E-state index contributed by atoms with van der Waals surface area (Å²) in [7, 11) is 0. The number of carboxylic acids is 1. The predicted molar refractivity (Wildman–Crippen MR) is 47.1 cm³/mol. The van der Waals surface area contributed by atoms with Crippen molar-refractivity contribution in [1.82, 2.24) is 0 Å². The van der Waals surface area contributed by atoms with Crippen LogP contribution in [0.2, 0.25) is 0 Å². The van der Waals surface area contributed by atoms with Crippen molar-refractivity contribution in [2.45, 2.75) is 25.4 Å². The molecule has 0 aliphatic heterocycles. The lowest BCUT2D eigenvalue weighted by Gasteiger charge is -2.02. The highest BCUT2D eigenvalue weighted by Crippen LogP contribution is 2.37. The smallest absolute Gasteiger partial charge is 0.450 e. The van der Waals surface area contributed by atoms with Gasteiger partial charge in [-0.05, 0) is 24.8 Å². The van der Waals surface area contributed by atoms with Crippen molar-refractivity contribution in [3.63, 3.8) is 0 Å². The van der Waals surface area contributed by atoms with Crippen molar-refractivity contribution in [1.29, 1.82) is 0 Å². The van der Waals surface area contributed by atoms with Crippen molar-refractivity contribution < 1.29 is 27.5 Å². The number of rotatable bonds is 3. The Balaban J connectivity index is 2.32. The van der Waals surface area contributed by atoms with Crippen LogP contribution in [0.5, 0.6) is 0 Å². The van der Waals surface area contributed by atoms with E-state index in [0.717, 1.165) is 18.9 Å². The molecular formula is C10H9F3O3. The summed E-state index contributed by atoms with van der Waals surface area (Å²) in [5, 5.41) is 8.63. The third-order valence-electron chi connectivity index (χ3n) is 2.46. The zero-order chi connectivity index (χ0) is 11.9. The van der Waals surface area contributed by atoms with Crippen LogP contribution in [-0.2, 0) is 12.6 Å². The van der Waals surface area contributed by atoms with Crippen molar-refractivity contribution in [2.75, 3.05) is 0 Å². The van der Waals surface area contributed by atoms with Crippen LogP contribution in [0.15, 0.2) is 10.5 Å². The molecule has 0 bridgehead atoms. The van der Waals surface area contributed by atoms with Gasteiger partial charge in [-0.1, -0.05) is 0 Å². The summed E-state index contributed by atoms with van der Waals surface area (Å²) in [6.07, 6.45) is -2.44. The molecule has 1 fully saturated rings. The Kier molecular flexibility index (Phi) is 2.44. The fourth-order valence-electron chi connectivity index (χ4n) is 1.52. The average molecular weight is 234 g/mol. The second-order valence-electron chi connectivity index (χ2n) is 3.91. The van der Waals surface area contributed by atoms with Crippen molar-refractivity contribution in [3.05, 3.63) is 23.2 Å². The van der Waals surface area contributed by atoms with E-state index in [0.29, 0.717) is 12.3 Å². The van der Waals surface area contributed by atoms with Crippen LogP contribution < -0.4 is 0 Å². The van der Waals surface area contributed by atoms with Crippen LogP contribution in [0.4, 0.5) is 13.2 Å². The molecule has 0 amide bonds. The molecule has 88 valence electrons. The lowest BCUT2D eigenvalue weighted by molar-refractivity contribution is -0.154. The maximum absolute atomic E-state index is 12.4. The minimum atomic E-state index is -4.75. The molecule has 0 radical (unpaired) electrons. The monoisotopic (exact) mass is 234 g/mol. The number of aromatic carboxylic acids is 1. The second-order valence-corrected chi connectivity index (χ2v) is 3.91. The molecule has 1 heterocycles. The number of alkyl halides is 3. The van der Waals surface area contributed by atoms with E-state index in [1.807, 2.05) is 0 Å². The zero-order valence-electron chi connectivity index (χ0n) is 8.17. The van der Waals surface area contributed by atoms with Crippen LogP contribution in [0.3, 0.4) is 0 Å². The predicted octanol–water partition coefficient (Wildman–Crippen LogP) is 2.95. The van der Waals surface area contributed by atoms with E-state index in [-0.39, 0.29) is 5.76 Å². The maximum atomic E-state index is 12.4. The van der Waals surface area contributed by atoms with Gasteiger partial charge in [-0.25, -0.2) is 4.79 Å². The number of halogens is 3. The van der Waals surface area contributed by atoms with Gasteiger partial charge in [0.25, 0.3) is 0 Å². The van der Waals surface area contributed by atoms with Gasteiger partial charge in [-0.2, -0.15) is 13.2 Å². The van der Waals surface area contributed by atoms with Gasteiger partial charge >= 0.3 is 12.1 Å². The molecule has 0 unspecified atom stereocenters. The van der Waals surface area contributed by atoms with E-state index in [9.17, 15) is 18.0 Å². The average Bonchev–Trinajstić information content (AvgIpc) is 2.79. The third kappa shape index (κ3) is 2.20. The summed E-state index contributed by atoms with van der Waals surface area (Å²) in [5.74, 6) is -2.57. The summed E-state index contributed by atoms with van der Waals surface area (Å²) in [6.45, 7) is 0. The Hall–Kier alpha value is -1.46. The Labute approximate surface area is 88.9 Å². The molecule has 0 spiro atoms. The summed E-state index contributed by atoms with van der Waals surface area (Å²) in [5.41, 5.74) is -0.803. The van der Waals surface area contributed by atoms with Crippen LogP contribution >= 0.6 is 0 Å². The van der Waals surface area contributed by atoms with Gasteiger partial charge in [0.1, 0.15) is 11.3 Å². The topological polar surface area (TPSA) is 50.4 Å². The van der Waals surface area contributed by atoms with Crippen LogP contribution in [0.25, 0.3) is 0 Å². The Morgan fingerprint density at radius 1 is 1.50 bits per heavy atom. The fourth-order valence-corrected chi connectivity index (χ4v) is 1.52. The normalized spacial score (nSPS) is 16.4. The number of carbonyl (C=O) groups is 1. The van der Waals surface area contributed by atoms with Gasteiger partial charge in [0.15, 0.2) is 0 Å². The van der Waals surface area contributed by atoms with E-state index in [1.54, 1.807) is 0 Å². The van der Waals surface area contributed by atoms with Crippen molar-refractivity contribution in [2.24, 2.45) is 5.92 Å². The molecule has 1 N–H and O–H groups in total. The van der Waals surface area contributed by atoms with E-state index < -0.39 is 23.5 Å². The van der Waals surface area contributed by atoms with E-state index in [4.69, 9.17) is 5.11 Å². The summed E-state index contributed by atoms with van der Waals surface area (Å²) >= 11 is 0. The van der Waals surface area contributed by atoms with Gasteiger partial charge in [0.2, 0.25) is 5.76 Å². The van der Waals surface area contributed by atoms with Crippen LogP contribution in [0.1, 0.15) is 34.7 Å².